The van der Waals surface area contributed by atoms with Gasteiger partial charge in [0.1, 0.15) is 19.8 Å². The van der Waals surface area contributed by atoms with Crippen LogP contribution in [0.25, 0.3) is 0 Å². The van der Waals surface area contributed by atoms with Crippen molar-refractivity contribution in [3.63, 3.8) is 0 Å². The number of rotatable bonds is 56. The van der Waals surface area contributed by atoms with Gasteiger partial charge in [0.05, 0.1) is 27.7 Å². The zero-order valence-electron chi connectivity index (χ0n) is 53.3. The number of carbonyl (C=O) groups is 2. The second-order valence-electron chi connectivity index (χ2n) is 21.7. The largest absolute Gasteiger partial charge is 0.472 e. The van der Waals surface area contributed by atoms with Gasteiger partial charge in [0, 0.05) is 12.8 Å². The number of likely N-dealkylation sites (N-methyl/N-ethyl adjacent to an activating group) is 1. The molecule has 0 radical (unpaired) electrons. The number of hydrogen-bond donors (Lipinski definition) is 1. The van der Waals surface area contributed by atoms with E-state index in [4.69, 9.17) is 18.5 Å². The summed E-state index contributed by atoms with van der Waals surface area (Å²) in [6.45, 7) is 4.08. The molecule has 0 aromatic heterocycles. The molecule has 0 fully saturated rings. The van der Waals surface area contributed by atoms with E-state index in [2.05, 4.69) is 196 Å². The number of phosphoric acid groups is 1. The van der Waals surface area contributed by atoms with Crippen LogP contribution in [-0.2, 0) is 32.7 Å². The first-order valence-corrected chi connectivity index (χ1v) is 33.7. The molecule has 0 aromatic carbocycles. The predicted molar refractivity (Wildman–Crippen MR) is 362 cm³/mol. The van der Waals surface area contributed by atoms with Crippen molar-refractivity contribution < 1.29 is 42.1 Å². The summed E-state index contributed by atoms with van der Waals surface area (Å²) in [6, 6.07) is 0. The monoisotopic (exact) mass is 1180 g/mol. The van der Waals surface area contributed by atoms with Crippen molar-refractivity contribution in [1.82, 2.24) is 0 Å². The van der Waals surface area contributed by atoms with Crippen molar-refractivity contribution >= 4 is 19.8 Å². The lowest BCUT2D eigenvalue weighted by atomic mass is 10.0. The second kappa shape index (κ2) is 62.4. The number of carbonyl (C=O) groups excluding carboxylic acids is 2. The van der Waals surface area contributed by atoms with E-state index in [1.165, 1.54) is 38.5 Å². The number of nitrogens with zero attached hydrogens (tertiary/aromatic N) is 1. The van der Waals surface area contributed by atoms with E-state index in [-0.39, 0.29) is 26.1 Å². The summed E-state index contributed by atoms with van der Waals surface area (Å²) in [6.07, 6.45) is 98.2. The van der Waals surface area contributed by atoms with Crippen LogP contribution in [0.5, 0.6) is 0 Å². The molecule has 10 heteroatoms. The van der Waals surface area contributed by atoms with Crippen molar-refractivity contribution in [1.29, 1.82) is 0 Å². The second-order valence-corrected chi connectivity index (χ2v) is 23.1. The molecule has 9 nitrogen and oxygen atoms in total. The topological polar surface area (TPSA) is 108 Å². The lowest BCUT2D eigenvalue weighted by molar-refractivity contribution is -0.870. The van der Waals surface area contributed by atoms with Crippen LogP contribution in [-0.4, -0.2) is 74.9 Å². The molecule has 0 aliphatic carbocycles. The fourth-order valence-electron chi connectivity index (χ4n) is 7.77. The fourth-order valence-corrected chi connectivity index (χ4v) is 8.52. The average Bonchev–Trinajstić information content (AvgIpc) is 3.61. The molecule has 0 saturated carbocycles. The minimum absolute atomic E-state index is 0.00899. The number of esters is 2. The Morgan fingerprint density at radius 1 is 0.369 bits per heavy atom. The molecular weight excluding hydrogens is 1060 g/mol. The summed E-state index contributed by atoms with van der Waals surface area (Å²) >= 11 is 0. The van der Waals surface area contributed by atoms with Crippen LogP contribution < -0.4 is 0 Å². The molecule has 470 valence electrons. The predicted octanol–water partition coefficient (Wildman–Crippen LogP) is 20.9. The third-order valence-electron chi connectivity index (χ3n) is 12.6. The summed E-state index contributed by atoms with van der Waals surface area (Å²) in [7, 11) is 1.41. The zero-order valence-corrected chi connectivity index (χ0v) is 54.2. The van der Waals surface area contributed by atoms with Crippen LogP contribution in [0.2, 0.25) is 0 Å². The van der Waals surface area contributed by atoms with E-state index < -0.39 is 32.5 Å². The lowest BCUT2D eigenvalue weighted by Gasteiger charge is -2.24. The standard InChI is InChI=1S/C74H116NO8P/c1-6-8-10-12-14-16-18-20-22-24-26-27-28-29-30-31-32-33-34-35-36-37-38-39-40-41-42-43-44-45-46-47-49-51-53-55-57-59-61-63-65-67-74(77)83-72(71-82-84(78,79)81-69-68-75(3,4)5)70-80-73(76)66-64-62-60-58-56-54-52-50-48-25-23-21-19-17-15-13-11-9-7-2/h8-11,14-17,20-23,26-27,29-30,32-33,35-36,38-39,41-42,44-45,48,50,54,56,60,62,72H,6-7,12-13,18-19,24-25,28,31,34,37,40,43,46-47,49,51-53,55,57-59,61,63-71H2,1-5H3/p+1/b10-8-,11-9-,16-14-,17-15-,22-20-,23-21-,27-26-,30-29-,33-32-,36-35-,39-38-,42-41-,45-44-,50-48-,56-54-,62-60-. The number of phosphoric ester groups is 1. The molecule has 0 saturated heterocycles. The molecule has 0 aliphatic heterocycles. The van der Waals surface area contributed by atoms with Crippen LogP contribution in [0.15, 0.2) is 194 Å². The van der Waals surface area contributed by atoms with Gasteiger partial charge in [-0.25, -0.2) is 4.57 Å². The van der Waals surface area contributed by atoms with E-state index >= 15 is 0 Å². The Morgan fingerprint density at radius 3 is 1.00 bits per heavy atom. The van der Waals surface area contributed by atoms with Crippen molar-refractivity contribution in [3.05, 3.63) is 194 Å². The van der Waals surface area contributed by atoms with E-state index in [1.54, 1.807) is 0 Å². The number of allylic oxidation sites excluding steroid dienone is 32. The van der Waals surface area contributed by atoms with Crippen molar-refractivity contribution in [3.8, 4) is 0 Å². The number of ether oxygens (including phenoxy) is 2. The van der Waals surface area contributed by atoms with E-state index in [9.17, 15) is 19.0 Å². The smallest absolute Gasteiger partial charge is 0.462 e. The van der Waals surface area contributed by atoms with Crippen molar-refractivity contribution in [2.75, 3.05) is 47.5 Å². The summed E-state index contributed by atoms with van der Waals surface area (Å²) in [5, 5.41) is 0. The minimum Gasteiger partial charge on any atom is -0.462 e. The van der Waals surface area contributed by atoms with Gasteiger partial charge in [0.2, 0.25) is 0 Å². The molecular formula is C74H117NO8P+. The highest BCUT2D eigenvalue weighted by molar-refractivity contribution is 7.47. The number of unbranched alkanes of at least 4 members (excludes halogenated alkanes) is 10. The lowest BCUT2D eigenvalue weighted by Crippen LogP contribution is -2.37. The van der Waals surface area contributed by atoms with Gasteiger partial charge >= 0.3 is 19.8 Å². The molecule has 0 spiro atoms. The molecule has 2 unspecified atom stereocenters. The minimum atomic E-state index is -4.42. The first kappa shape index (κ1) is 78.8. The Balaban J connectivity index is 4.18. The molecule has 84 heavy (non-hydrogen) atoms. The first-order valence-electron chi connectivity index (χ1n) is 32.2. The van der Waals surface area contributed by atoms with Crippen molar-refractivity contribution in [2.24, 2.45) is 0 Å². The van der Waals surface area contributed by atoms with Gasteiger partial charge in [0.25, 0.3) is 0 Å². The van der Waals surface area contributed by atoms with Crippen LogP contribution >= 0.6 is 7.82 Å². The highest BCUT2D eigenvalue weighted by Crippen LogP contribution is 2.43. The van der Waals surface area contributed by atoms with E-state index in [0.29, 0.717) is 23.9 Å². The Morgan fingerprint density at radius 2 is 0.667 bits per heavy atom. The number of quaternary nitrogens is 1. The maximum atomic E-state index is 12.8. The van der Waals surface area contributed by atoms with Crippen LogP contribution in [0, 0.1) is 0 Å². The average molecular weight is 1180 g/mol. The summed E-state index contributed by atoms with van der Waals surface area (Å²) in [5.74, 6) is -0.916. The van der Waals surface area contributed by atoms with Gasteiger partial charge in [-0.05, 0) is 128 Å². The summed E-state index contributed by atoms with van der Waals surface area (Å²) in [5.41, 5.74) is 0. The maximum absolute atomic E-state index is 12.8. The summed E-state index contributed by atoms with van der Waals surface area (Å²) in [4.78, 5) is 35.7. The molecule has 0 aromatic rings. The van der Waals surface area contributed by atoms with Crippen LogP contribution in [0.1, 0.15) is 206 Å². The summed E-state index contributed by atoms with van der Waals surface area (Å²) < 4.78 is 34.5. The Bertz CT molecular complexity index is 2120. The molecule has 0 rings (SSSR count). The third kappa shape index (κ3) is 66.0. The number of hydrogen-bond acceptors (Lipinski definition) is 7. The van der Waals surface area contributed by atoms with Gasteiger partial charge in [-0.3, -0.25) is 18.6 Å². The zero-order chi connectivity index (χ0) is 61.2. The molecule has 0 aliphatic rings. The fraction of sp³-hybridized carbons (Fsp3) is 0.541. The molecule has 0 bridgehead atoms. The first-order chi connectivity index (χ1) is 41.0. The highest BCUT2D eigenvalue weighted by Gasteiger charge is 2.27. The van der Waals surface area contributed by atoms with Crippen molar-refractivity contribution in [2.45, 2.75) is 213 Å². The molecule has 0 heterocycles. The Hall–Kier alpha value is -5.15. The van der Waals surface area contributed by atoms with Gasteiger partial charge in [0.15, 0.2) is 6.10 Å². The quantitative estimate of drug-likeness (QED) is 0.0211. The van der Waals surface area contributed by atoms with Gasteiger partial charge in [-0.2, -0.15) is 0 Å². The Labute approximate surface area is 513 Å². The molecule has 2 atom stereocenters. The molecule has 0 amide bonds. The molecule has 1 N–H and O–H groups in total. The highest BCUT2D eigenvalue weighted by atomic mass is 31.2. The normalized spacial score (nSPS) is 14.5. The van der Waals surface area contributed by atoms with Gasteiger partial charge < -0.3 is 18.9 Å². The Kier molecular flexibility index (Phi) is 58.6. The maximum Gasteiger partial charge on any atom is 0.472 e. The van der Waals surface area contributed by atoms with Crippen LogP contribution in [0.4, 0.5) is 0 Å². The van der Waals surface area contributed by atoms with Gasteiger partial charge in [-0.15, -0.1) is 0 Å². The van der Waals surface area contributed by atoms with Gasteiger partial charge in [-0.1, -0.05) is 260 Å². The van der Waals surface area contributed by atoms with E-state index in [1.807, 2.05) is 33.3 Å². The van der Waals surface area contributed by atoms with E-state index in [0.717, 1.165) is 128 Å². The third-order valence-corrected chi connectivity index (χ3v) is 13.6. The SMILES string of the molecule is CC/C=C\C/C=C\C/C=C\C/C=C\C/C=C\C/C=C\C/C=C\C/C=C\C/C=C\C/C=C\CCCCCCCCCCCCC(=O)OC(COC(=O)CC/C=C\C/C=C\C/C=C\C/C=C\C/C=C\C/C=C\CC)COP(=O)(O)OCC[N+](C)(C)C. The van der Waals surface area contributed by atoms with Crippen LogP contribution in [0.3, 0.4) is 0 Å².